The number of rotatable bonds is 6. The first-order valence-corrected chi connectivity index (χ1v) is 7.55. The Labute approximate surface area is 120 Å². The maximum absolute atomic E-state index is 14.2. The minimum Gasteiger partial charge on any atom is -0.367 e. The summed E-state index contributed by atoms with van der Waals surface area (Å²) in [7, 11) is 1.80. The summed E-state index contributed by atoms with van der Waals surface area (Å²) in [5.41, 5.74) is 0.785. The molecule has 20 heavy (non-hydrogen) atoms. The predicted octanol–water partition coefficient (Wildman–Crippen LogP) is 3.84. The molecule has 0 unspecified atom stereocenters. The molecule has 2 rings (SSSR count). The number of nitrogens with zero attached hydrogens (tertiary/aromatic N) is 1. The van der Waals surface area contributed by atoms with E-state index in [1.165, 1.54) is 12.1 Å². The fourth-order valence-corrected chi connectivity index (χ4v) is 2.94. The van der Waals surface area contributed by atoms with Gasteiger partial charge in [0, 0.05) is 19.6 Å². The summed E-state index contributed by atoms with van der Waals surface area (Å²) in [6.07, 6.45) is 5.35. The normalized spacial score (nSPS) is 15.8. The zero-order chi connectivity index (χ0) is 14.5. The second kappa shape index (κ2) is 7.02. The summed E-state index contributed by atoms with van der Waals surface area (Å²) < 4.78 is 28.4. The highest BCUT2D eigenvalue weighted by atomic mass is 19.1. The lowest BCUT2D eigenvalue weighted by Gasteiger charge is -2.27. The fourth-order valence-electron chi connectivity index (χ4n) is 2.94. The summed E-state index contributed by atoms with van der Waals surface area (Å²) in [6, 6.07) is 3.17. The molecule has 2 nitrogen and oxygen atoms in total. The van der Waals surface area contributed by atoms with E-state index in [1.54, 1.807) is 11.9 Å². The van der Waals surface area contributed by atoms with Gasteiger partial charge in [-0.05, 0) is 43.5 Å². The minimum absolute atomic E-state index is 0.121. The van der Waals surface area contributed by atoms with E-state index in [-0.39, 0.29) is 11.7 Å². The average Bonchev–Trinajstić information content (AvgIpc) is 2.92. The Morgan fingerprint density at radius 3 is 2.35 bits per heavy atom. The van der Waals surface area contributed by atoms with Gasteiger partial charge in [0.05, 0.1) is 0 Å². The lowest BCUT2D eigenvalue weighted by atomic mass is 10.1. The van der Waals surface area contributed by atoms with Crippen molar-refractivity contribution < 1.29 is 8.78 Å². The van der Waals surface area contributed by atoms with Gasteiger partial charge in [0.15, 0.2) is 0 Å². The molecule has 0 bridgehead atoms. The van der Waals surface area contributed by atoms with Gasteiger partial charge in [0.2, 0.25) is 0 Å². The van der Waals surface area contributed by atoms with Crippen LogP contribution in [0.3, 0.4) is 0 Å². The van der Waals surface area contributed by atoms with Crippen LogP contribution in [0, 0.1) is 11.6 Å². The number of nitrogens with one attached hydrogen (secondary N) is 1. The molecule has 1 fully saturated rings. The van der Waals surface area contributed by atoms with Crippen LogP contribution in [0.25, 0.3) is 0 Å². The first-order chi connectivity index (χ1) is 9.63. The van der Waals surface area contributed by atoms with Crippen molar-refractivity contribution in [3.63, 3.8) is 0 Å². The van der Waals surface area contributed by atoms with Crippen molar-refractivity contribution >= 4 is 5.69 Å². The molecular formula is C16H24F2N2. The number of hydrogen-bond acceptors (Lipinski definition) is 2. The Kier molecular flexibility index (Phi) is 5.35. The van der Waals surface area contributed by atoms with Crippen LogP contribution < -0.4 is 10.2 Å². The van der Waals surface area contributed by atoms with Gasteiger partial charge in [0.1, 0.15) is 17.3 Å². The molecule has 0 aliphatic heterocycles. The number of benzene rings is 1. The second-order valence-corrected chi connectivity index (χ2v) is 5.63. The van der Waals surface area contributed by atoms with Crippen LogP contribution in [0.15, 0.2) is 12.1 Å². The Morgan fingerprint density at radius 1 is 1.20 bits per heavy atom. The molecule has 1 aliphatic rings. The lowest BCUT2D eigenvalue weighted by Crippen LogP contribution is -2.30. The average molecular weight is 282 g/mol. The third-order valence-electron chi connectivity index (χ3n) is 4.06. The summed E-state index contributed by atoms with van der Waals surface area (Å²) in [5.74, 6) is -0.902. The van der Waals surface area contributed by atoms with Crippen LogP contribution in [-0.4, -0.2) is 19.6 Å². The molecule has 0 spiro atoms. The highest BCUT2D eigenvalue weighted by Crippen LogP contribution is 2.31. The molecule has 1 aliphatic carbocycles. The second-order valence-electron chi connectivity index (χ2n) is 5.63. The van der Waals surface area contributed by atoms with E-state index in [0.29, 0.717) is 12.1 Å². The summed E-state index contributed by atoms with van der Waals surface area (Å²) in [4.78, 5) is 1.78. The topological polar surface area (TPSA) is 15.3 Å². The van der Waals surface area contributed by atoms with Crippen molar-refractivity contribution in [3.8, 4) is 0 Å². The van der Waals surface area contributed by atoms with Crippen molar-refractivity contribution in [2.45, 2.75) is 51.6 Å². The Bertz CT molecular complexity index is 419. The molecule has 1 N–H and O–H groups in total. The van der Waals surface area contributed by atoms with Crippen LogP contribution in [-0.2, 0) is 6.54 Å². The quantitative estimate of drug-likeness (QED) is 0.797. The maximum atomic E-state index is 14.2. The zero-order valence-corrected chi connectivity index (χ0v) is 12.4. The number of halogens is 2. The monoisotopic (exact) mass is 282 g/mol. The van der Waals surface area contributed by atoms with Crippen LogP contribution in [0.2, 0.25) is 0 Å². The molecule has 112 valence electrons. The molecule has 1 saturated carbocycles. The SMILES string of the molecule is CCCNCc1cc(F)c(N(C)C2CCCC2)c(F)c1. The lowest BCUT2D eigenvalue weighted by molar-refractivity contribution is 0.549. The first kappa shape index (κ1) is 15.2. The van der Waals surface area contributed by atoms with Crippen LogP contribution in [0.4, 0.5) is 14.5 Å². The Morgan fingerprint density at radius 2 is 1.80 bits per heavy atom. The maximum Gasteiger partial charge on any atom is 0.149 e. The van der Waals surface area contributed by atoms with E-state index in [4.69, 9.17) is 0 Å². The van der Waals surface area contributed by atoms with Crippen molar-refractivity contribution in [2.75, 3.05) is 18.5 Å². The van der Waals surface area contributed by atoms with E-state index >= 15 is 0 Å². The molecule has 0 radical (unpaired) electrons. The van der Waals surface area contributed by atoms with Gasteiger partial charge in [-0.3, -0.25) is 0 Å². The summed E-state index contributed by atoms with van der Waals surface area (Å²) in [6.45, 7) is 3.43. The molecule has 1 aromatic rings. The van der Waals surface area contributed by atoms with E-state index in [1.807, 2.05) is 0 Å². The third kappa shape index (κ3) is 3.48. The van der Waals surface area contributed by atoms with Crippen molar-refractivity contribution in [3.05, 3.63) is 29.3 Å². The van der Waals surface area contributed by atoms with Crippen LogP contribution >= 0.6 is 0 Å². The van der Waals surface area contributed by atoms with Crippen molar-refractivity contribution in [2.24, 2.45) is 0 Å². The molecule has 4 heteroatoms. The Balaban J connectivity index is 2.13. The summed E-state index contributed by atoms with van der Waals surface area (Å²) >= 11 is 0. The highest BCUT2D eigenvalue weighted by molar-refractivity contribution is 5.51. The minimum atomic E-state index is -0.451. The largest absolute Gasteiger partial charge is 0.367 e. The fraction of sp³-hybridized carbons (Fsp3) is 0.625. The van der Waals surface area contributed by atoms with E-state index in [0.717, 1.165) is 38.6 Å². The van der Waals surface area contributed by atoms with Gasteiger partial charge in [-0.2, -0.15) is 0 Å². The molecule has 0 saturated heterocycles. The molecular weight excluding hydrogens is 258 g/mol. The van der Waals surface area contributed by atoms with Crippen molar-refractivity contribution in [1.82, 2.24) is 5.32 Å². The van der Waals surface area contributed by atoms with Gasteiger partial charge in [-0.15, -0.1) is 0 Å². The molecule has 1 aromatic carbocycles. The third-order valence-corrected chi connectivity index (χ3v) is 4.06. The standard InChI is InChI=1S/C16H24F2N2/c1-3-8-19-11-12-9-14(17)16(15(18)10-12)20(2)13-6-4-5-7-13/h9-10,13,19H,3-8,11H2,1-2H3. The number of anilines is 1. The van der Waals surface area contributed by atoms with Gasteiger partial charge < -0.3 is 10.2 Å². The molecule has 0 amide bonds. The predicted molar refractivity (Wildman–Crippen MR) is 79.0 cm³/mol. The smallest absolute Gasteiger partial charge is 0.149 e. The Hall–Kier alpha value is -1.16. The van der Waals surface area contributed by atoms with Crippen LogP contribution in [0.1, 0.15) is 44.6 Å². The number of hydrogen-bond donors (Lipinski definition) is 1. The van der Waals surface area contributed by atoms with Gasteiger partial charge in [0.25, 0.3) is 0 Å². The van der Waals surface area contributed by atoms with E-state index in [9.17, 15) is 8.78 Å². The van der Waals surface area contributed by atoms with Gasteiger partial charge in [-0.1, -0.05) is 19.8 Å². The van der Waals surface area contributed by atoms with E-state index in [2.05, 4.69) is 12.2 Å². The first-order valence-electron chi connectivity index (χ1n) is 7.55. The van der Waals surface area contributed by atoms with Crippen molar-refractivity contribution in [1.29, 1.82) is 0 Å². The molecule has 0 heterocycles. The van der Waals surface area contributed by atoms with Gasteiger partial charge in [-0.25, -0.2) is 8.78 Å². The zero-order valence-electron chi connectivity index (χ0n) is 12.4. The van der Waals surface area contributed by atoms with E-state index < -0.39 is 11.6 Å². The molecule has 0 atom stereocenters. The highest BCUT2D eigenvalue weighted by Gasteiger charge is 2.24. The van der Waals surface area contributed by atoms with Gasteiger partial charge >= 0.3 is 0 Å². The van der Waals surface area contributed by atoms with Crippen LogP contribution in [0.5, 0.6) is 0 Å². The molecule has 0 aromatic heterocycles. The summed E-state index contributed by atoms with van der Waals surface area (Å²) in [5, 5.41) is 3.16.